The summed E-state index contributed by atoms with van der Waals surface area (Å²) in [6.45, 7) is 0. The van der Waals surface area contributed by atoms with Crippen molar-refractivity contribution in [1.29, 1.82) is 0 Å². The zero-order valence-corrected chi connectivity index (χ0v) is 7.97. The number of nitrogens with one attached hydrogen (secondary N) is 2. The Morgan fingerprint density at radius 1 is 1.62 bits per heavy atom. The standard InChI is InChI=1S/C8H12ClN3O/c9-4-2-1-3-7(13)12-8-10-5-6-11-8/h5-6H,1-4H2,(H2,10,11,12,13). The number of hydrogen-bond donors (Lipinski definition) is 2. The van der Waals surface area contributed by atoms with Crippen LogP contribution in [0.15, 0.2) is 12.4 Å². The molecule has 5 heteroatoms. The topological polar surface area (TPSA) is 57.8 Å². The Kier molecular flexibility index (Phi) is 4.32. The van der Waals surface area contributed by atoms with Crippen LogP contribution in [0.3, 0.4) is 0 Å². The predicted molar refractivity (Wildman–Crippen MR) is 51.8 cm³/mol. The first-order chi connectivity index (χ1) is 6.33. The van der Waals surface area contributed by atoms with E-state index in [4.69, 9.17) is 11.6 Å². The summed E-state index contributed by atoms with van der Waals surface area (Å²) in [5, 5.41) is 2.63. The number of amides is 1. The molecule has 0 atom stereocenters. The molecule has 0 aliphatic rings. The molecule has 0 aliphatic carbocycles. The molecule has 13 heavy (non-hydrogen) atoms. The zero-order valence-electron chi connectivity index (χ0n) is 7.22. The fourth-order valence-corrected chi connectivity index (χ4v) is 1.10. The van der Waals surface area contributed by atoms with E-state index in [1.807, 2.05) is 0 Å². The molecular formula is C8H12ClN3O. The number of aromatic nitrogens is 2. The number of nitrogens with zero attached hydrogens (tertiary/aromatic N) is 1. The van der Waals surface area contributed by atoms with Crippen LogP contribution in [0.5, 0.6) is 0 Å². The number of imidazole rings is 1. The smallest absolute Gasteiger partial charge is 0.226 e. The number of aromatic amines is 1. The molecule has 1 rings (SSSR count). The zero-order chi connectivity index (χ0) is 9.52. The first kappa shape index (κ1) is 10.1. The van der Waals surface area contributed by atoms with Crippen LogP contribution >= 0.6 is 11.6 Å². The van der Waals surface area contributed by atoms with Crippen LogP contribution in [0.2, 0.25) is 0 Å². The Balaban J connectivity index is 2.18. The van der Waals surface area contributed by atoms with Gasteiger partial charge in [-0.25, -0.2) is 4.98 Å². The third-order valence-electron chi connectivity index (χ3n) is 1.54. The second kappa shape index (κ2) is 5.59. The average molecular weight is 202 g/mol. The molecule has 0 aliphatic heterocycles. The Bertz CT molecular complexity index is 248. The van der Waals surface area contributed by atoms with E-state index in [-0.39, 0.29) is 5.91 Å². The molecule has 0 unspecified atom stereocenters. The lowest BCUT2D eigenvalue weighted by molar-refractivity contribution is -0.116. The number of unbranched alkanes of at least 4 members (excludes halogenated alkanes) is 1. The maximum absolute atomic E-state index is 11.2. The highest BCUT2D eigenvalue weighted by molar-refractivity contribution is 6.17. The van der Waals surface area contributed by atoms with Crippen LogP contribution < -0.4 is 5.32 Å². The number of halogens is 1. The average Bonchev–Trinajstić information content (AvgIpc) is 2.57. The van der Waals surface area contributed by atoms with Gasteiger partial charge in [0.2, 0.25) is 11.9 Å². The van der Waals surface area contributed by atoms with Crippen molar-refractivity contribution in [2.75, 3.05) is 11.2 Å². The Morgan fingerprint density at radius 3 is 3.08 bits per heavy atom. The molecule has 72 valence electrons. The second-order valence-corrected chi connectivity index (χ2v) is 3.01. The van der Waals surface area contributed by atoms with Gasteiger partial charge in [0.25, 0.3) is 0 Å². The van der Waals surface area contributed by atoms with Crippen molar-refractivity contribution in [2.45, 2.75) is 19.3 Å². The van der Waals surface area contributed by atoms with Gasteiger partial charge in [-0.05, 0) is 12.8 Å². The minimum atomic E-state index is -0.0277. The van der Waals surface area contributed by atoms with Gasteiger partial charge in [-0.3, -0.25) is 10.1 Å². The van der Waals surface area contributed by atoms with E-state index in [9.17, 15) is 4.79 Å². The molecule has 1 aromatic heterocycles. The molecule has 0 bridgehead atoms. The van der Waals surface area contributed by atoms with E-state index in [1.165, 1.54) is 0 Å². The summed E-state index contributed by atoms with van der Waals surface area (Å²) in [5.74, 6) is 1.07. The summed E-state index contributed by atoms with van der Waals surface area (Å²) in [4.78, 5) is 17.8. The molecule has 0 fully saturated rings. The number of anilines is 1. The highest BCUT2D eigenvalue weighted by Crippen LogP contribution is 2.01. The van der Waals surface area contributed by atoms with E-state index in [2.05, 4.69) is 15.3 Å². The molecule has 2 N–H and O–H groups in total. The lowest BCUT2D eigenvalue weighted by Crippen LogP contribution is -2.12. The van der Waals surface area contributed by atoms with E-state index >= 15 is 0 Å². The van der Waals surface area contributed by atoms with Gasteiger partial charge in [0.15, 0.2) is 0 Å². The van der Waals surface area contributed by atoms with Crippen LogP contribution in [-0.4, -0.2) is 21.8 Å². The molecule has 4 nitrogen and oxygen atoms in total. The molecule has 1 aromatic rings. The third-order valence-corrected chi connectivity index (χ3v) is 1.81. The second-order valence-electron chi connectivity index (χ2n) is 2.63. The SMILES string of the molecule is O=C(CCCCCl)Nc1ncc[nH]1. The number of carbonyl (C=O) groups excluding carboxylic acids is 1. The van der Waals surface area contributed by atoms with Gasteiger partial charge in [-0.2, -0.15) is 0 Å². The van der Waals surface area contributed by atoms with Crippen molar-refractivity contribution < 1.29 is 4.79 Å². The maximum Gasteiger partial charge on any atom is 0.226 e. The summed E-state index contributed by atoms with van der Waals surface area (Å²) in [7, 11) is 0. The van der Waals surface area contributed by atoms with Gasteiger partial charge in [0.1, 0.15) is 0 Å². The number of H-pyrrole nitrogens is 1. The number of carbonyl (C=O) groups is 1. The molecule has 0 saturated heterocycles. The number of hydrogen-bond acceptors (Lipinski definition) is 2. The minimum absolute atomic E-state index is 0.0277. The van der Waals surface area contributed by atoms with Crippen LogP contribution in [0.25, 0.3) is 0 Å². The first-order valence-corrected chi connectivity index (χ1v) is 4.71. The van der Waals surface area contributed by atoms with Crippen LogP contribution in [-0.2, 0) is 4.79 Å². The van der Waals surface area contributed by atoms with Gasteiger partial charge in [0.05, 0.1) is 0 Å². The molecular weight excluding hydrogens is 190 g/mol. The van der Waals surface area contributed by atoms with Crippen molar-refractivity contribution in [3.8, 4) is 0 Å². The summed E-state index contributed by atoms with van der Waals surface area (Å²) < 4.78 is 0. The Labute approximate surface area is 81.7 Å². The van der Waals surface area contributed by atoms with Crippen LogP contribution in [0, 0.1) is 0 Å². The Morgan fingerprint density at radius 2 is 2.46 bits per heavy atom. The van der Waals surface area contributed by atoms with Gasteiger partial charge in [0, 0.05) is 24.7 Å². The van der Waals surface area contributed by atoms with Gasteiger partial charge in [-0.1, -0.05) is 0 Å². The first-order valence-electron chi connectivity index (χ1n) is 4.18. The molecule has 0 saturated carbocycles. The van der Waals surface area contributed by atoms with Crippen molar-refractivity contribution in [2.24, 2.45) is 0 Å². The highest BCUT2D eigenvalue weighted by Gasteiger charge is 2.02. The van der Waals surface area contributed by atoms with E-state index in [0.29, 0.717) is 18.2 Å². The van der Waals surface area contributed by atoms with E-state index in [1.54, 1.807) is 12.4 Å². The molecule has 0 radical (unpaired) electrons. The van der Waals surface area contributed by atoms with Crippen molar-refractivity contribution >= 4 is 23.5 Å². The monoisotopic (exact) mass is 201 g/mol. The van der Waals surface area contributed by atoms with Gasteiger partial charge >= 0.3 is 0 Å². The highest BCUT2D eigenvalue weighted by atomic mass is 35.5. The third kappa shape index (κ3) is 3.94. The normalized spacial score (nSPS) is 9.92. The van der Waals surface area contributed by atoms with Crippen LogP contribution in [0.4, 0.5) is 5.95 Å². The fourth-order valence-electron chi connectivity index (χ4n) is 0.908. The van der Waals surface area contributed by atoms with Crippen LogP contribution in [0.1, 0.15) is 19.3 Å². The fraction of sp³-hybridized carbons (Fsp3) is 0.500. The number of rotatable bonds is 5. The summed E-state index contributed by atoms with van der Waals surface area (Å²) in [6.07, 6.45) is 5.43. The van der Waals surface area contributed by atoms with E-state index in [0.717, 1.165) is 12.8 Å². The molecule has 0 spiro atoms. The van der Waals surface area contributed by atoms with Crippen molar-refractivity contribution in [1.82, 2.24) is 9.97 Å². The summed E-state index contributed by atoms with van der Waals surface area (Å²) in [6, 6.07) is 0. The summed E-state index contributed by atoms with van der Waals surface area (Å²) in [5.41, 5.74) is 0. The van der Waals surface area contributed by atoms with Crippen molar-refractivity contribution in [3.05, 3.63) is 12.4 Å². The maximum atomic E-state index is 11.2. The molecule has 0 aromatic carbocycles. The predicted octanol–water partition coefficient (Wildman–Crippen LogP) is 1.76. The number of alkyl halides is 1. The van der Waals surface area contributed by atoms with E-state index < -0.39 is 0 Å². The summed E-state index contributed by atoms with van der Waals surface area (Å²) >= 11 is 5.48. The molecule has 1 heterocycles. The minimum Gasteiger partial charge on any atom is -0.331 e. The van der Waals surface area contributed by atoms with Gasteiger partial charge < -0.3 is 4.98 Å². The van der Waals surface area contributed by atoms with Gasteiger partial charge in [-0.15, -0.1) is 11.6 Å². The lowest BCUT2D eigenvalue weighted by atomic mass is 10.2. The molecule has 1 amide bonds. The quantitative estimate of drug-likeness (QED) is 0.564. The lowest BCUT2D eigenvalue weighted by Gasteiger charge is -1.99. The van der Waals surface area contributed by atoms with Crippen molar-refractivity contribution in [3.63, 3.8) is 0 Å². The Hall–Kier alpha value is -1.03. The largest absolute Gasteiger partial charge is 0.331 e.